The summed E-state index contributed by atoms with van der Waals surface area (Å²) in [7, 11) is 0. The standard InChI is InChI=1S/C24H32N2O3S/c1-3-5-6-7-8-9-18-25-24(30)29-22-14-10-19(11-15-22)23(27)26-20-12-16-21(17-13-20)28-4-2/h10-17H,3-9,18H2,1-2H3,(H,25,30)(H,26,27). The van der Waals surface area contributed by atoms with E-state index in [4.69, 9.17) is 21.7 Å². The van der Waals surface area contributed by atoms with Crippen LogP contribution in [0.1, 0.15) is 62.7 Å². The number of amides is 1. The summed E-state index contributed by atoms with van der Waals surface area (Å²) in [6.07, 6.45) is 7.42. The van der Waals surface area contributed by atoms with E-state index in [0.717, 1.165) is 18.7 Å². The number of hydrogen-bond donors (Lipinski definition) is 2. The first-order chi connectivity index (χ1) is 14.6. The lowest BCUT2D eigenvalue weighted by molar-refractivity contribution is 0.102. The van der Waals surface area contributed by atoms with Crippen LogP contribution in [0, 0.1) is 0 Å². The Labute approximate surface area is 185 Å². The summed E-state index contributed by atoms with van der Waals surface area (Å²) in [5.74, 6) is 1.20. The number of nitrogens with one attached hydrogen (secondary N) is 2. The molecular weight excluding hydrogens is 396 g/mol. The van der Waals surface area contributed by atoms with Crippen molar-refractivity contribution in [2.45, 2.75) is 52.4 Å². The van der Waals surface area contributed by atoms with Crippen molar-refractivity contribution in [3.63, 3.8) is 0 Å². The molecule has 0 aliphatic rings. The van der Waals surface area contributed by atoms with Crippen molar-refractivity contribution in [3.05, 3.63) is 54.1 Å². The number of thiocarbonyl (C=S) groups is 1. The van der Waals surface area contributed by atoms with Gasteiger partial charge in [0.15, 0.2) is 0 Å². The second-order valence-corrected chi connectivity index (χ2v) is 7.39. The van der Waals surface area contributed by atoms with E-state index >= 15 is 0 Å². The third kappa shape index (κ3) is 8.82. The molecule has 5 nitrogen and oxygen atoms in total. The zero-order valence-corrected chi connectivity index (χ0v) is 18.7. The van der Waals surface area contributed by atoms with Crippen LogP contribution >= 0.6 is 12.2 Å². The average molecular weight is 429 g/mol. The van der Waals surface area contributed by atoms with Gasteiger partial charge in [0.2, 0.25) is 0 Å². The number of rotatable bonds is 12. The predicted molar refractivity (Wildman–Crippen MR) is 127 cm³/mol. The highest BCUT2D eigenvalue weighted by atomic mass is 32.1. The molecule has 0 radical (unpaired) electrons. The van der Waals surface area contributed by atoms with Gasteiger partial charge in [-0.15, -0.1) is 0 Å². The Balaban J connectivity index is 1.73. The molecule has 0 unspecified atom stereocenters. The van der Waals surface area contributed by atoms with Gasteiger partial charge >= 0.3 is 0 Å². The van der Waals surface area contributed by atoms with Gasteiger partial charge in [-0.1, -0.05) is 39.0 Å². The van der Waals surface area contributed by atoms with Crippen molar-refractivity contribution in [1.82, 2.24) is 5.32 Å². The molecule has 0 bridgehead atoms. The van der Waals surface area contributed by atoms with E-state index in [1.807, 2.05) is 31.2 Å². The van der Waals surface area contributed by atoms with Crippen molar-refractivity contribution in [2.75, 3.05) is 18.5 Å². The first-order valence-corrected chi connectivity index (χ1v) is 11.1. The third-order valence-electron chi connectivity index (χ3n) is 4.55. The molecule has 2 aromatic rings. The number of hydrogen-bond acceptors (Lipinski definition) is 4. The van der Waals surface area contributed by atoms with Gasteiger partial charge in [-0.3, -0.25) is 4.79 Å². The van der Waals surface area contributed by atoms with Gasteiger partial charge in [-0.25, -0.2) is 0 Å². The highest BCUT2D eigenvalue weighted by molar-refractivity contribution is 7.80. The molecule has 0 saturated carbocycles. The summed E-state index contributed by atoms with van der Waals surface area (Å²) in [5, 5.41) is 6.35. The molecule has 2 aromatic carbocycles. The topological polar surface area (TPSA) is 59.6 Å². The number of carbonyl (C=O) groups excluding carboxylic acids is 1. The van der Waals surface area contributed by atoms with Gasteiger partial charge in [0.1, 0.15) is 11.5 Å². The molecule has 1 amide bonds. The van der Waals surface area contributed by atoms with Crippen molar-refractivity contribution in [1.29, 1.82) is 0 Å². The summed E-state index contributed by atoms with van der Waals surface area (Å²) < 4.78 is 11.0. The minimum absolute atomic E-state index is 0.186. The fourth-order valence-corrected chi connectivity index (χ4v) is 3.12. The van der Waals surface area contributed by atoms with E-state index in [2.05, 4.69) is 17.6 Å². The number of ether oxygens (including phenoxy) is 2. The fourth-order valence-electron chi connectivity index (χ4n) is 2.92. The van der Waals surface area contributed by atoms with Crippen molar-refractivity contribution in [2.24, 2.45) is 0 Å². The van der Waals surface area contributed by atoms with Crippen LogP contribution < -0.4 is 20.1 Å². The van der Waals surface area contributed by atoms with E-state index in [1.54, 1.807) is 24.3 Å². The van der Waals surface area contributed by atoms with Crippen LogP contribution in [0.4, 0.5) is 5.69 Å². The van der Waals surface area contributed by atoms with Crippen LogP contribution in [-0.2, 0) is 0 Å². The maximum Gasteiger partial charge on any atom is 0.262 e. The molecule has 0 fully saturated rings. The monoisotopic (exact) mass is 428 g/mol. The summed E-state index contributed by atoms with van der Waals surface area (Å²) in [6.45, 7) is 5.57. The first kappa shape index (κ1) is 23.7. The number of carbonyl (C=O) groups is 1. The smallest absolute Gasteiger partial charge is 0.262 e. The van der Waals surface area contributed by atoms with Gasteiger partial charge < -0.3 is 20.1 Å². The molecule has 0 heterocycles. The molecule has 2 rings (SSSR count). The molecule has 2 N–H and O–H groups in total. The first-order valence-electron chi connectivity index (χ1n) is 10.7. The second kappa shape index (κ2) is 13.6. The lowest BCUT2D eigenvalue weighted by atomic mass is 10.1. The van der Waals surface area contributed by atoms with E-state index in [1.165, 1.54) is 32.1 Å². The Kier molecular flexibility index (Phi) is 10.7. The summed E-state index contributed by atoms with van der Waals surface area (Å²) in [4.78, 5) is 12.4. The molecule has 30 heavy (non-hydrogen) atoms. The minimum Gasteiger partial charge on any atom is -0.494 e. The highest BCUT2D eigenvalue weighted by Crippen LogP contribution is 2.18. The predicted octanol–water partition coefficient (Wildman–Crippen LogP) is 5.95. The maximum atomic E-state index is 12.4. The molecular formula is C24H32N2O3S. The zero-order chi connectivity index (χ0) is 21.6. The van der Waals surface area contributed by atoms with Crippen molar-refractivity contribution < 1.29 is 14.3 Å². The van der Waals surface area contributed by atoms with E-state index in [9.17, 15) is 4.79 Å². The van der Waals surface area contributed by atoms with Crippen LogP contribution in [0.3, 0.4) is 0 Å². The Bertz CT molecular complexity index is 776. The average Bonchev–Trinajstić information content (AvgIpc) is 2.75. The van der Waals surface area contributed by atoms with Crippen molar-refractivity contribution >= 4 is 29.0 Å². The molecule has 0 spiro atoms. The van der Waals surface area contributed by atoms with Gasteiger partial charge in [0, 0.05) is 17.8 Å². The van der Waals surface area contributed by atoms with Crippen LogP contribution in [0.15, 0.2) is 48.5 Å². The van der Waals surface area contributed by atoms with E-state index < -0.39 is 0 Å². The number of benzene rings is 2. The number of anilines is 1. The summed E-state index contributed by atoms with van der Waals surface area (Å²) in [5.41, 5.74) is 1.26. The van der Waals surface area contributed by atoms with Crippen LogP contribution in [0.25, 0.3) is 0 Å². The Morgan fingerprint density at radius 1 is 0.867 bits per heavy atom. The van der Waals surface area contributed by atoms with E-state index in [0.29, 0.717) is 28.8 Å². The fraction of sp³-hybridized carbons (Fsp3) is 0.417. The maximum absolute atomic E-state index is 12.4. The second-order valence-electron chi connectivity index (χ2n) is 7.02. The van der Waals surface area contributed by atoms with Gasteiger partial charge in [-0.05, 0) is 74.1 Å². The Morgan fingerprint density at radius 2 is 1.50 bits per heavy atom. The lowest BCUT2D eigenvalue weighted by Crippen LogP contribution is -2.27. The molecule has 0 saturated heterocycles. The molecule has 6 heteroatoms. The summed E-state index contributed by atoms with van der Waals surface area (Å²) >= 11 is 5.23. The molecule has 162 valence electrons. The van der Waals surface area contributed by atoms with Crippen LogP contribution in [-0.4, -0.2) is 24.2 Å². The molecule has 0 aliphatic carbocycles. The van der Waals surface area contributed by atoms with Gasteiger partial charge in [0.25, 0.3) is 11.1 Å². The third-order valence-corrected chi connectivity index (χ3v) is 4.78. The Morgan fingerprint density at radius 3 is 2.17 bits per heavy atom. The molecule has 0 aromatic heterocycles. The van der Waals surface area contributed by atoms with Crippen LogP contribution in [0.2, 0.25) is 0 Å². The SMILES string of the molecule is CCCCCCCCNC(=S)Oc1ccc(C(=O)Nc2ccc(OCC)cc2)cc1. The molecule has 0 atom stereocenters. The normalized spacial score (nSPS) is 10.3. The Hall–Kier alpha value is -2.60. The van der Waals surface area contributed by atoms with Gasteiger partial charge in [0.05, 0.1) is 6.61 Å². The van der Waals surface area contributed by atoms with Crippen molar-refractivity contribution in [3.8, 4) is 11.5 Å². The summed E-state index contributed by atoms with van der Waals surface area (Å²) in [6, 6.07) is 14.2. The van der Waals surface area contributed by atoms with Gasteiger partial charge in [-0.2, -0.15) is 0 Å². The highest BCUT2D eigenvalue weighted by Gasteiger charge is 2.07. The quantitative estimate of drug-likeness (QED) is 0.323. The minimum atomic E-state index is -0.186. The zero-order valence-electron chi connectivity index (χ0n) is 17.9. The van der Waals surface area contributed by atoms with Crippen LogP contribution in [0.5, 0.6) is 11.5 Å². The van der Waals surface area contributed by atoms with E-state index in [-0.39, 0.29) is 5.91 Å². The largest absolute Gasteiger partial charge is 0.494 e. The molecule has 0 aliphatic heterocycles. The lowest BCUT2D eigenvalue weighted by Gasteiger charge is -2.10. The number of unbranched alkanes of at least 4 members (excludes halogenated alkanes) is 5.